The van der Waals surface area contributed by atoms with Gasteiger partial charge in [-0.25, -0.2) is 0 Å². The van der Waals surface area contributed by atoms with Crippen LogP contribution in [0.2, 0.25) is 0 Å². The molecule has 0 aliphatic heterocycles. The van der Waals surface area contributed by atoms with Gasteiger partial charge in [0.2, 0.25) is 0 Å². The van der Waals surface area contributed by atoms with Crippen molar-refractivity contribution in [2.75, 3.05) is 10.6 Å². The predicted octanol–water partition coefficient (Wildman–Crippen LogP) is 2.67. The maximum atomic E-state index is 11.9. The summed E-state index contributed by atoms with van der Waals surface area (Å²) in [6.07, 6.45) is 3.48. The van der Waals surface area contributed by atoms with Gasteiger partial charge in [-0.05, 0) is 65.7 Å². The van der Waals surface area contributed by atoms with Crippen molar-refractivity contribution in [1.29, 1.82) is 0 Å². The molecule has 7 nitrogen and oxygen atoms in total. The fourth-order valence-electron chi connectivity index (χ4n) is 1.95. The van der Waals surface area contributed by atoms with E-state index in [0.717, 1.165) is 22.8 Å². The predicted molar refractivity (Wildman–Crippen MR) is 102 cm³/mol. The van der Waals surface area contributed by atoms with Crippen LogP contribution in [0.25, 0.3) is 0 Å². The highest BCUT2D eigenvalue weighted by Gasteiger charge is 2.08. The molecule has 0 saturated heterocycles. The van der Waals surface area contributed by atoms with E-state index in [0.29, 0.717) is 23.0 Å². The Morgan fingerprint density at radius 2 is 1.72 bits per heavy atom. The number of amides is 1. The van der Waals surface area contributed by atoms with E-state index in [9.17, 15) is 4.79 Å². The maximum absolute atomic E-state index is 11.9. The van der Waals surface area contributed by atoms with E-state index in [2.05, 4.69) is 30.5 Å². The lowest BCUT2D eigenvalue weighted by atomic mass is 10.2. The second-order valence-corrected chi connectivity index (χ2v) is 6.00. The van der Waals surface area contributed by atoms with Crippen molar-refractivity contribution in [3.05, 3.63) is 65.4 Å². The summed E-state index contributed by atoms with van der Waals surface area (Å²) in [7, 11) is 0. The highest BCUT2D eigenvalue weighted by Crippen LogP contribution is 2.14. The van der Waals surface area contributed by atoms with Gasteiger partial charge in [0.05, 0.1) is 0 Å². The monoisotopic (exact) mass is 370 g/mol. The van der Waals surface area contributed by atoms with Crippen molar-refractivity contribution in [3.63, 3.8) is 0 Å². The van der Waals surface area contributed by atoms with E-state index in [1.807, 2.05) is 24.3 Å². The summed E-state index contributed by atoms with van der Waals surface area (Å²) in [6, 6.07) is 11.1. The van der Waals surface area contributed by atoms with Gasteiger partial charge in [0, 0.05) is 35.7 Å². The van der Waals surface area contributed by atoms with Gasteiger partial charge in [-0.1, -0.05) is 4.49 Å². The minimum Gasteiger partial charge on any atom is -0.358 e. The van der Waals surface area contributed by atoms with Crippen LogP contribution in [-0.4, -0.2) is 25.6 Å². The summed E-state index contributed by atoms with van der Waals surface area (Å²) in [6.45, 7) is 0.615. The van der Waals surface area contributed by atoms with E-state index in [-0.39, 0.29) is 5.91 Å². The standard InChI is InChI=1S/C16H14N6OS2/c23-15(14-10-25-22-21-14)19-12-1-3-13(4-2-12)20-16(24)18-9-11-5-7-17-8-6-11/h1-8,10H,9H2,(H,19,23)(H2,18,20,24). The zero-order valence-corrected chi connectivity index (χ0v) is 14.6. The number of hydrogen-bond donors (Lipinski definition) is 3. The summed E-state index contributed by atoms with van der Waals surface area (Å²) in [4.78, 5) is 15.9. The van der Waals surface area contributed by atoms with Crippen molar-refractivity contribution >= 4 is 46.1 Å². The van der Waals surface area contributed by atoms with Crippen LogP contribution in [0.15, 0.2) is 54.2 Å². The van der Waals surface area contributed by atoms with Gasteiger partial charge >= 0.3 is 0 Å². The molecule has 3 rings (SSSR count). The molecule has 0 fully saturated rings. The number of nitrogens with zero attached hydrogens (tertiary/aromatic N) is 3. The smallest absolute Gasteiger partial charge is 0.277 e. The number of nitrogens with one attached hydrogen (secondary N) is 3. The minimum absolute atomic E-state index is 0.288. The first kappa shape index (κ1) is 16.9. The number of carbonyl (C=O) groups excluding carboxylic acids is 1. The molecule has 0 saturated carbocycles. The van der Waals surface area contributed by atoms with Gasteiger partial charge in [-0.2, -0.15) is 0 Å². The maximum Gasteiger partial charge on any atom is 0.277 e. The third-order valence-corrected chi connectivity index (χ3v) is 3.95. The van der Waals surface area contributed by atoms with E-state index in [4.69, 9.17) is 12.2 Å². The van der Waals surface area contributed by atoms with Gasteiger partial charge in [0.25, 0.3) is 5.91 Å². The fourth-order valence-corrected chi connectivity index (χ4v) is 2.58. The average molecular weight is 370 g/mol. The van der Waals surface area contributed by atoms with E-state index in [1.165, 1.54) is 0 Å². The lowest BCUT2D eigenvalue weighted by Gasteiger charge is -2.11. The number of rotatable bonds is 5. The first-order valence-corrected chi connectivity index (χ1v) is 8.57. The van der Waals surface area contributed by atoms with Crippen LogP contribution in [0.4, 0.5) is 11.4 Å². The number of hydrogen-bond acceptors (Lipinski definition) is 6. The van der Waals surface area contributed by atoms with Gasteiger partial charge in [-0.15, -0.1) is 5.10 Å². The number of anilines is 2. The Labute approximate surface area is 153 Å². The molecule has 3 aromatic rings. The van der Waals surface area contributed by atoms with Crippen LogP contribution in [0, 0.1) is 0 Å². The molecule has 9 heteroatoms. The van der Waals surface area contributed by atoms with E-state index < -0.39 is 0 Å². The number of pyridine rings is 1. The Hall–Kier alpha value is -2.91. The number of aromatic nitrogens is 3. The first-order valence-electron chi connectivity index (χ1n) is 7.33. The zero-order chi connectivity index (χ0) is 17.5. The topological polar surface area (TPSA) is 91.8 Å². The van der Waals surface area contributed by atoms with Crippen LogP contribution < -0.4 is 16.0 Å². The Kier molecular flexibility index (Phi) is 5.60. The van der Waals surface area contributed by atoms with Crippen molar-refractivity contribution in [1.82, 2.24) is 19.9 Å². The molecule has 1 aromatic carbocycles. The van der Waals surface area contributed by atoms with E-state index in [1.54, 1.807) is 29.9 Å². The average Bonchev–Trinajstić information content (AvgIpc) is 3.17. The number of carbonyl (C=O) groups is 1. The summed E-state index contributed by atoms with van der Waals surface area (Å²) < 4.78 is 3.67. The Morgan fingerprint density at radius 3 is 2.36 bits per heavy atom. The molecule has 0 bridgehead atoms. The van der Waals surface area contributed by atoms with Crippen molar-refractivity contribution in [3.8, 4) is 0 Å². The lowest BCUT2D eigenvalue weighted by molar-refractivity contribution is 0.102. The molecule has 2 aromatic heterocycles. The largest absolute Gasteiger partial charge is 0.358 e. The fraction of sp³-hybridized carbons (Fsp3) is 0.0625. The molecule has 1 amide bonds. The first-order chi connectivity index (χ1) is 12.2. The zero-order valence-electron chi connectivity index (χ0n) is 13.0. The molecule has 3 N–H and O–H groups in total. The van der Waals surface area contributed by atoms with Crippen molar-refractivity contribution < 1.29 is 4.79 Å². The Balaban J connectivity index is 1.50. The van der Waals surface area contributed by atoms with E-state index >= 15 is 0 Å². The highest BCUT2D eigenvalue weighted by molar-refractivity contribution is 7.80. The van der Waals surface area contributed by atoms with Crippen LogP contribution >= 0.6 is 23.8 Å². The number of benzene rings is 1. The van der Waals surface area contributed by atoms with Crippen LogP contribution in [0.3, 0.4) is 0 Å². The van der Waals surface area contributed by atoms with Crippen LogP contribution in [0.5, 0.6) is 0 Å². The van der Waals surface area contributed by atoms with Crippen LogP contribution in [-0.2, 0) is 6.54 Å². The Morgan fingerprint density at radius 1 is 1.04 bits per heavy atom. The molecule has 0 atom stereocenters. The molecule has 25 heavy (non-hydrogen) atoms. The normalized spacial score (nSPS) is 10.1. The summed E-state index contributed by atoms with van der Waals surface area (Å²) in [5.41, 5.74) is 2.88. The summed E-state index contributed by atoms with van der Waals surface area (Å²) in [5.74, 6) is -0.288. The third kappa shape index (κ3) is 5.03. The van der Waals surface area contributed by atoms with Crippen LogP contribution in [0.1, 0.15) is 16.1 Å². The van der Waals surface area contributed by atoms with Gasteiger partial charge in [0.15, 0.2) is 10.8 Å². The quantitative estimate of drug-likeness (QED) is 0.595. The van der Waals surface area contributed by atoms with Crippen molar-refractivity contribution in [2.45, 2.75) is 6.54 Å². The van der Waals surface area contributed by atoms with Gasteiger partial charge in [0.1, 0.15) is 0 Å². The third-order valence-electron chi connectivity index (χ3n) is 3.20. The SMILES string of the molecule is O=C(Nc1ccc(NC(=S)NCc2ccncc2)cc1)c1csnn1. The lowest BCUT2D eigenvalue weighted by Crippen LogP contribution is -2.27. The highest BCUT2D eigenvalue weighted by atomic mass is 32.1. The molecule has 0 spiro atoms. The molecule has 0 aliphatic carbocycles. The summed E-state index contributed by atoms with van der Waals surface area (Å²) in [5, 5.41) is 14.8. The molecule has 126 valence electrons. The Bertz CT molecular complexity index is 837. The second kappa shape index (κ2) is 8.27. The van der Waals surface area contributed by atoms with Gasteiger partial charge < -0.3 is 16.0 Å². The molecule has 2 heterocycles. The molecule has 0 unspecified atom stereocenters. The molecule has 0 radical (unpaired) electrons. The second-order valence-electron chi connectivity index (χ2n) is 4.98. The molecular weight excluding hydrogens is 356 g/mol. The van der Waals surface area contributed by atoms with Gasteiger partial charge in [-0.3, -0.25) is 9.78 Å². The van der Waals surface area contributed by atoms with Crippen molar-refractivity contribution in [2.24, 2.45) is 0 Å². The summed E-state index contributed by atoms with van der Waals surface area (Å²) >= 11 is 6.40. The molecule has 0 aliphatic rings. The molecular formula is C16H14N6OS2. The minimum atomic E-state index is -0.288. The number of thiocarbonyl (C=S) groups is 1.